The first-order chi connectivity index (χ1) is 8.84. The third kappa shape index (κ3) is 4.20. The maximum Gasteiger partial charge on any atom is 0.528 e. The number of rotatable bonds is 8. The van der Waals surface area contributed by atoms with Crippen LogP contribution in [0, 0.1) is 5.41 Å². The van der Waals surface area contributed by atoms with E-state index in [2.05, 4.69) is 0 Å². The fraction of sp³-hybridized carbons (Fsp3) is 0.571. The average molecular weight is 333 g/mol. The van der Waals surface area contributed by atoms with E-state index in [0.717, 1.165) is 0 Å². The van der Waals surface area contributed by atoms with Gasteiger partial charge in [0.15, 0.2) is 5.41 Å². The monoisotopic (exact) mass is 333 g/mol. The van der Waals surface area contributed by atoms with Crippen molar-refractivity contribution in [3.8, 4) is 0 Å². The van der Waals surface area contributed by atoms with Crippen molar-refractivity contribution in [3.63, 3.8) is 0 Å². The van der Waals surface area contributed by atoms with Crippen molar-refractivity contribution < 1.29 is 52.1 Å². The van der Waals surface area contributed by atoms with Gasteiger partial charge in [-0.3, -0.25) is 18.9 Å². The van der Waals surface area contributed by atoms with Crippen molar-refractivity contribution in [2.45, 2.75) is 17.8 Å². The van der Waals surface area contributed by atoms with Gasteiger partial charge < -0.3 is 15.3 Å². The Bertz CT molecular complexity index is 533. The van der Waals surface area contributed by atoms with Gasteiger partial charge in [0.25, 0.3) is 0 Å². The first kappa shape index (κ1) is 18.4. The Morgan fingerprint density at radius 3 is 1.55 bits per heavy atom. The molecule has 0 bridgehead atoms. The molecule has 0 aromatic carbocycles. The summed E-state index contributed by atoms with van der Waals surface area (Å²) in [5.41, 5.74) is -3.19. The van der Waals surface area contributed by atoms with Crippen molar-refractivity contribution in [3.05, 3.63) is 0 Å². The molecule has 11 nitrogen and oxygen atoms in total. The minimum Gasteiger partial charge on any atom is -0.481 e. The van der Waals surface area contributed by atoms with Crippen LogP contribution in [-0.2, 0) is 29.1 Å². The van der Waals surface area contributed by atoms with E-state index in [-0.39, 0.29) is 0 Å². The van der Waals surface area contributed by atoms with Crippen molar-refractivity contribution in [2.75, 3.05) is 0 Å². The Kier molecular flexibility index (Phi) is 5.72. The molecule has 2 atom stereocenters. The van der Waals surface area contributed by atoms with E-state index < -0.39 is 59.3 Å². The SMILES string of the molecule is O=C(O)CC(CC(=O)O)(C(=O)O)C([P+](=O)O)S(=O)(=O)O. The number of carboxylic acids is 3. The summed E-state index contributed by atoms with van der Waals surface area (Å²) in [6, 6.07) is 0. The minimum absolute atomic E-state index is 1.58. The molecule has 114 valence electrons. The predicted molar refractivity (Wildman–Crippen MR) is 59.7 cm³/mol. The van der Waals surface area contributed by atoms with Gasteiger partial charge in [0.1, 0.15) is 0 Å². The Hall–Kier alpha value is -1.62. The van der Waals surface area contributed by atoms with Crippen LogP contribution in [0.25, 0.3) is 0 Å². The van der Waals surface area contributed by atoms with Gasteiger partial charge in [0, 0.05) is 0 Å². The fourth-order valence-electron chi connectivity index (χ4n) is 1.64. The highest BCUT2D eigenvalue weighted by molar-refractivity contribution is 7.92. The molecule has 20 heavy (non-hydrogen) atoms. The highest BCUT2D eigenvalue weighted by atomic mass is 32.2. The topological polar surface area (TPSA) is 204 Å². The Morgan fingerprint density at radius 2 is 1.40 bits per heavy atom. The quantitative estimate of drug-likeness (QED) is 0.268. The Balaban J connectivity index is 6.30. The second-order valence-corrected chi connectivity index (χ2v) is 6.74. The summed E-state index contributed by atoms with van der Waals surface area (Å²) >= 11 is 0. The molecule has 0 saturated heterocycles. The molecule has 0 spiro atoms. The molecule has 0 radical (unpaired) electrons. The third-order valence-corrected chi connectivity index (χ3v) is 5.57. The van der Waals surface area contributed by atoms with E-state index in [4.69, 9.17) is 24.8 Å². The fourth-order valence-corrected chi connectivity index (χ4v) is 4.11. The standard InChI is InChI=1S/C7H9O11PS/c8-3(9)1-7(5(12)13,2-4(10)11)6(19(14)15)20(16,17)18/h6H,1-2H2,(H4-,8,9,10,11,12,13,14,15,16,17,18)/p+1. The lowest BCUT2D eigenvalue weighted by Crippen LogP contribution is -2.47. The van der Waals surface area contributed by atoms with Crippen molar-refractivity contribution in [1.29, 1.82) is 0 Å². The number of carbonyl (C=O) groups is 3. The molecule has 0 heterocycles. The normalized spacial score (nSPS) is 14.4. The third-order valence-electron chi connectivity index (χ3n) is 2.31. The molecule has 2 unspecified atom stereocenters. The van der Waals surface area contributed by atoms with Gasteiger partial charge in [0.05, 0.1) is 12.8 Å². The van der Waals surface area contributed by atoms with Crippen LogP contribution in [0.1, 0.15) is 12.8 Å². The zero-order valence-corrected chi connectivity index (χ0v) is 11.2. The summed E-state index contributed by atoms with van der Waals surface area (Å²) in [4.78, 5) is 38.3. The van der Waals surface area contributed by atoms with Gasteiger partial charge in [-0.1, -0.05) is 0 Å². The van der Waals surface area contributed by atoms with Crippen LogP contribution in [-0.4, -0.2) is 56.1 Å². The van der Waals surface area contributed by atoms with Crippen LogP contribution in [0.3, 0.4) is 0 Å². The van der Waals surface area contributed by atoms with Crippen molar-refractivity contribution in [1.82, 2.24) is 0 Å². The predicted octanol–water partition coefficient (Wildman–Crippen LogP) is -1.04. The summed E-state index contributed by atoms with van der Waals surface area (Å²) in [5.74, 6) is -6.08. The molecule has 13 heteroatoms. The van der Waals surface area contributed by atoms with Crippen molar-refractivity contribution >= 4 is 36.1 Å². The number of carboxylic acid groups (broad SMARTS) is 3. The smallest absolute Gasteiger partial charge is 0.481 e. The molecule has 0 rings (SSSR count). The zero-order chi connectivity index (χ0) is 16.3. The Labute approximate surface area is 112 Å². The number of aliphatic carboxylic acids is 3. The van der Waals surface area contributed by atoms with Crippen LogP contribution in [0.4, 0.5) is 0 Å². The van der Waals surface area contributed by atoms with Crippen LogP contribution < -0.4 is 0 Å². The second kappa shape index (κ2) is 6.22. The highest BCUT2D eigenvalue weighted by Gasteiger charge is 2.65. The van der Waals surface area contributed by atoms with E-state index in [0.29, 0.717) is 0 Å². The molecular weight excluding hydrogens is 323 g/mol. The summed E-state index contributed by atoms with van der Waals surface area (Å²) in [6.07, 6.45) is -3.17. The number of hydrogen-bond acceptors (Lipinski definition) is 6. The summed E-state index contributed by atoms with van der Waals surface area (Å²) in [5, 5.41) is 26.2. The van der Waals surface area contributed by atoms with Gasteiger partial charge in [0.2, 0.25) is 0 Å². The lowest BCUT2D eigenvalue weighted by Gasteiger charge is -2.25. The molecule has 5 N–H and O–H groups in total. The summed E-state index contributed by atoms with van der Waals surface area (Å²) in [7, 11) is -9.43. The first-order valence-corrected chi connectivity index (χ1v) is 7.41. The molecule has 0 aliphatic heterocycles. The van der Waals surface area contributed by atoms with Gasteiger partial charge in [-0.15, -0.1) is 0 Å². The van der Waals surface area contributed by atoms with Gasteiger partial charge in [-0.2, -0.15) is 13.3 Å². The largest absolute Gasteiger partial charge is 0.528 e. The Morgan fingerprint density at radius 1 is 1.05 bits per heavy atom. The molecule has 0 aromatic rings. The average Bonchev–Trinajstić information content (AvgIpc) is 2.10. The van der Waals surface area contributed by atoms with E-state index in [1.807, 2.05) is 0 Å². The molecule has 0 aliphatic carbocycles. The molecule has 0 aromatic heterocycles. The lowest BCUT2D eigenvalue weighted by molar-refractivity contribution is -0.159. The van der Waals surface area contributed by atoms with Crippen LogP contribution in [0.5, 0.6) is 0 Å². The van der Waals surface area contributed by atoms with Crippen LogP contribution in [0.2, 0.25) is 0 Å². The molecular formula is C7H10O11PS+. The molecule has 0 aliphatic rings. The van der Waals surface area contributed by atoms with Crippen molar-refractivity contribution in [2.24, 2.45) is 5.41 Å². The van der Waals surface area contributed by atoms with E-state index in [9.17, 15) is 27.4 Å². The van der Waals surface area contributed by atoms with E-state index in [1.165, 1.54) is 0 Å². The highest BCUT2D eigenvalue weighted by Crippen LogP contribution is 2.46. The minimum atomic E-state index is -5.50. The van der Waals surface area contributed by atoms with E-state index in [1.54, 1.807) is 0 Å². The van der Waals surface area contributed by atoms with Gasteiger partial charge in [-0.25, -0.2) is 0 Å². The number of hydrogen-bond donors (Lipinski definition) is 5. The van der Waals surface area contributed by atoms with Crippen LogP contribution in [0.15, 0.2) is 0 Å². The maximum absolute atomic E-state index is 11.1. The summed E-state index contributed by atoms with van der Waals surface area (Å²) in [6.45, 7) is 0. The molecule has 0 amide bonds. The van der Waals surface area contributed by atoms with Gasteiger partial charge in [-0.05, 0) is 4.57 Å². The van der Waals surface area contributed by atoms with Gasteiger partial charge >= 0.3 is 41.0 Å². The first-order valence-electron chi connectivity index (χ1n) is 4.63. The lowest BCUT2D eigenvalue weighted by atomic mass is 9.83. The second-order valence-electron chi connectivity index (χ2n) is 3.77. The van der Waals surface area contributed by atoms with Crippen LogP contribution >= 0.6 is 8.03 Å². The van der Waals surface area contributed by atoms with E-state index >= 15 is 0 Å². The maximum atomic E-state index is 11.1. The zero-order valence-electron chi connectivity index (χ0n) is 9.53. The molecule has 0 saturated carbocycles. The molecule has 0 fully saturated rings. The summed E-state index contributed by atoms with van der Waals surface area (Å²) < 4.78 is 42.0.